The number of rotatable bonds is 16. The van der Waals surface area contributed by atoms with Crippen molar-refractivity contribution >= 4 is 11.9 Å². The Bertz CT molecular complexity index is 304. The van der Waals surface area contributed by atoms with Crippen LogP contribution in [0.5, 0.6) is 0 Å². The van der Waals surface area contributed by atoms with E-state index in [9.17, 15) is 9.59 Å². The minimum Gasteiger partial charge on any atom is -0.481 e. The van der Waals surface area contributed by atoms with Crippen molar-refractivity contribution in [3.05, 3.63) is 0 Å². The third kappa shape index (κ3) is 14.2. The van der Waals surface area contributed by atoms with Crippen molar-refractivity contribution in [1.82, 2.24) is 0 Å². The zero-order valence-corrected chi connectivity index (χ0v) is 14.6. The summed E-state index contributed by atoms with van der Waals surface area (Å²) >= 11 is 0. The molecule has 0 radical (unpaired) electrons. The van der Waals surface area contributed by atoms with Crippen molar-refractivity contribution in [3.63, 3.8) is 0 Å². The lowest BCUT2D eigenvalue weighted by Gasteiger charge is -2.16. The van der Waals surface area contributed by atoms with Gasteiger partial charge in [-0.2, -0.15) is 0 Å². The number of aliphatic hydroxyl groups is 1. The first-order chi connectivity index (χ1) is 11.1. The molecular weight excluding hydrogens is 296 g/mol. The number of hydrogen-bond acceptors (Lipinski definition) is 4. The van der Waals surface area contributed by atoms with E-state index in [1.807, 2.05) is 0 Å². The molecular formula is C18H34O5. The quantitative estimate of drug-likeness (QED) is 0.331. The van der Waals surface area contributed by atoms with Gasteiger partial charge in [0.15, 0.2) is 0 Å². The second kappa shape index (κ2) is 15.8. The Morgan fingerprint density at radius 2 is 1.57 bits per heavy atom. The zero-order valence-electron chi connectivity index (χ0n) is 14.6. The molecule has 2 N–H and O–H groups in total. The number of carboxylic acids is 1. The summed E-state index contributed by atoms with van der Waals surface area (Å²) in [6.07, 6.45) is 10.1. The number of carbonyl (C=O) groups excluding carboxylic acids is 1. The summed E-state index contributed by atoms with van der Waals surface area (Å²) in [5, 5.41) is 17.4. The van der Waals surface area contributed by atoms with Gasteiger partial charge in [-0.3, -0.25) is 9.59 Å². The molecule has 0 amide bonds. The van der Waals surface area contributed by atoms with E-state index in [0.717, 1.165) is 38.5 Å². The second-order valence-electron chi connectivity index (χ2n) is 6.14. The summed E-state index contributed by atoms with van der Waals surface area (Å²) in [7, 11) is 0. The molecule has 0 spiro atoms. The van der Waals surface area contributed by atoms with Crippen LogP contribution in [0.15, 0.2) is 0 Å². The Kier molecular flexibility index (Phi) is 15.0. The Morgan fingerprint density at radius 3 is 2.13 bits per heavy atom. The Balaban J connectivity index is 4.04. The van der Waals surface area contributed by atoms with Crippen LogP contribution in [0.3, 0.4) is 0 Å². The largest absolute Gasteiger partial charge is 0.481 e. The molecule has 0 aliphatic rings. The molecule has 0 aromatic carbocycles. The lowest BCUT2D eigenvalue weighted by molar-refractivity contribution is -0.149. The SMILES string of the molecule is CCCCCCC(CCCCCC(=O)O)C(=O)OCCCCO. The molecule has 136 valence electrons. The van der Waals surface area contributed by atoms with Crippen molar-refractivity contribution in [2.45, 2.75) is 84.0 Å². The fourth-order valence-electron chi connectivity index (χ4n) is 2.55. The minimum absolute atomic E-state index is 0.0641. The Hall–Kier alpha value is -1.10. The molecule has 0 fully saturated rings. The van der Waals surface area contributed by atoms with Gasteiger partial charge >= 0.3 is 11.9 Å². The smallest absolute Gasteiger partial charge is 0.308 e. The van der Waals surface area contributed by atoms with Crippen LogP contribution in [0.1, 0.15) is 84.0 Å². The number of aliphatic carboxylic acids is 1. The molecule has 23 heavy (non-hydrogen) atoms. The van der Waals surface area contributed by atoms with Gasteiger partial charge in [0.1, 0.15) is 0 Å². The van der Waals surface area contributed by atoms with Crippen LogP contribution in [0, 0.1) is 5.92 Å². The molecule has 1 atom stereocenters. The van der Waals surface area contributed by atoms with Crippen molar-refractivity contribution in [3.8, 4) is 0 Å². The third-order valence-electron chi connectivity index (χ3n) is 3.98. The number of aliphatic hydroxyl groups excluding tert-OH is 1. The molecule has 0 heterocycles. The molecule has 5 heteroatoms. The summed E-state index contributed by atoms with van der Waals surface area (Å²) in [6, 6.07) is 0. The maximum Gasteiger partial charge on any atom is 0.308 e. The van der Waals surface area contributed by atoms with Gasteiger partial charge < -0.3 is 14.9 Å². The van der Waals surface area contributed by atoms with Crippen molar-refractivity contribution in [2.75, 3.05) is 13.2 Å². The summed E-state index contributed by atoms with van der Waals surface area (Å²) < 4.78 is 5.31. The lowest BCUT2D eigenvalue weighted by atomic mass is 9.94. The summed E-state index contributed by atoms with van der Waals surface area (Å²) in [6.45, 7) is 2.67. The van der Waals surface area contributed by atoms with Gasteiger partial charge in [0.05, 0.1) is 12.5 Å². The average molecular weight is 330 g/mol. The van der Waals surface area contributed by atoms with Crippen LogP contribution in [-0.2, 0) is 14.3 Å². The fourth-order valence-corrected chi connectivity index (χ4v) is 2.55. The zero-order chi connectivity index (χ0) is 17.3. The van der Waals surface area contributed by atoms with Gasteiger partial charge in [0, 0.05) is 13.0 Å². The predicted molar refractivity (Wildman–Crippen MR) is 90.2 cm³/mol. The molecule has 0 aliphatic heterocycles. The first kappa shape index (κ1) is 21.9. The van der Waals surface area contributed by atoms with Crippen LogP contribution >= 0.6 is 0 Å². The van der Waals surface area contributed by atoms with E-state index in [0.29, 0.717) is 25.9 Å². The highest BCUT2D eigenvalue weighted by atomic mass is 16.5. The molecule has 0 aromatic rings. The molecule has 0 aliphatic carbocycles. The molecule has 0 aromatic heterocycles. The standard InChI is InChI=1S/C18H34O5/c1-2-3-4-6-11-16(12-7-5-8-13-17(20)21)18(22)23-15-10-9-14-19/h16,19H,2-15H2,1H3,(H,20,21). The monoisotopic (exact) mass is 330 g/mol. The molecule has 1 unspecified atom stereocenters. The number of esters is 1. The fraction of sp³-hybridized carbons (Fsp3) is 0.889. The third-order valence-corrected chi connectivity index (χ3v) is 3.98. The molecule has 0 saturated heterocycles. The predicted octanol–water partition coefficient (Wildman–Crippen LogP) is 3.92. The number of carbonyl (C=O) groups is 2. The van der Waals surface area contributed by atoms with E-state index < -0.39 is 5.97 Å². The van der Waals surface area contributed by atoms with E-state index in [-0.39, 0.29) is 24.9 Å². The van der Waals surface area contributed by atoms with Crippen LogP contribution in [0.25, 0.3) is 0 Å². The highest BCUT2D eigenvalue weighted by molar-refractivity contribution is 5.72. The van der Waals surface area contributed by atoms with Gasteiger partial charge in [-0.15, -0.1) is 0 Å². The van der Waals surface area contributed by atoms with Crippen LogP contribution in [0.4, 0.5) is 0 Å². The maximum absolute atomic E-state index is 12.2. The Morgan fingerprint density at radius 1 is 0.913 bits per heavy atom. The van der Waals surface area contributed by atoms with Crippen molar-refractivity contribution in [1.29, 1.82) is 0 Å². The van der Waals surface area contributed by atoms with E-state index in [1.54, 1.807) is 0 Å². The van der Waals surface area contributed by atoms with Gasteiger partial charge in [0.2, 0.25) is 0 Å². The van der Waals surface area contributed by atoms with Crippen LogP contribution < -0.4 is 0 Å². The topological polar surface area (TPSA) is 83.8 Å². The first-order valence-electron chi connectivity index (χ1n) is 9.11. The van der Waals surface area contributed by atoms with Crippen LogP contribution in [-0.4, -0.2) is 35.4 Å². The highest BCUT2D eigenvalue weighted by Crippen LogP contribution is 2.20. The maximum atomic E-state index is 12.2. The molecule has 5 nitrogen and oxygen atoms in total. The van der Waals surface area contributed by atoms with Gasteiger partial charge in [-0.05, 0) is 32.1 Å². The van der Waals surface area contributed by atoms with E-state index in [4.69, 9.17) is 14.9 Å². The summed E-state index contributed by atoms with van der Waals surface area (Å²) in [5.74, 6) is -0.951. The van der Waals surface area contributed by atoms with E-state index >= 15 is 0 Å². The highest BCUT2D eigenvalue weighted by Gasteiger charge is 2.19. The number of unbranched alkanes of at least 4 members (excludes halogenated alkanes) is 6. The normalized spacial score (nSPS) is 12.1. The molecule has 0 bridgehead atoms. The van der Waals surface area contributed by atoms with Crippen LogP contribution in [0.2, 0.25) is 0 Å². The number of ether oxygens (including phenoxy) is 1. The van der Waals surface area contributed by atoms with Crippen molar-refractivity contribution in [2.24, 2.45) is 5.92 Å². The van der Waals surface area contributed by atoms with Crippen molar-refractivity contribution < 1.29 is 24.5 Å². The second-order valence-corrected chi connectivity index (χ2v) is 6.14. The minimum atomic E-state index is -0.760. The summed E-state index contributed by atoms with van der Waals surface area (Å²) in [4.78, 5) is 22.7. The van der Waals surface area contributed by atoms with Gasteiger partial charge in [-0.25, -0.2) is 0 Å². The van der Waals surface area contributed by atoms with Gasteiger partial charge in [0.25, 0.3) is 0 Å². The molecule has 0 rings (SSSR count). The number of hydrogen-bond donors (Lipinski definition) is 2. The van der Waals surface area contributed by atoms with Gasteiger partial charge in [-0.1, -0.05) is 45.4 Å². The first-order valence-corrected chi connectivity index (χ1v) is 9.11. The molecule has 0 saturated carbocycles. The summed E-state index contributed by atoms with van der Waals surface area (Å²) in [5.41, 5.74) is 0. The van der Waals surface area contributed by atoms with E-state index in [1.165, 1.54) is 12.8 Å². The van der Waals surface area contributed by atoms with E-state index in [2.05, 4.69) is 6.92 Å². The lowest BCUT2D eigenvalue weighted by Crippen LogP contribution is -2.19. The average Bonchev–Trinajstić information content (AvgIpc) is 2.52. The number of carboxylic acid groups (broad SMARTS) is 1. The Labute approximate surface area is 140 Å².